The van der Waals surface area contributed by atoms with Gasteiger partial charge in [0.2, 0.25) is 0 Å². The maximum Gasteiger partial charge on any atom is 0.182 e. The van der Waals surface area contributed by atoms with Crippen molar-refractivity contribution in [2.75, 3.05) is 19.7 Å². The predicted molar refractivity (Wildman–Crippen MR) is 79.5 cm³/mol. The summed E-state index contributed by atoms with van der Waals surface area (Å²) in [6, 6.07) is 7.96. The fourth-order valence-corrected chi connectivity index (χ4v) is 3.00. The van der Waals surface area contributed by atoms with E-state index in [4.69, 9.17) is 4.74 Å². The maximum absolute atomic E-state index is 12.4. The van der Waals surface area contributed by atoms with Crippen LogP contribution in [0.2, 0.25) is 0 Å². The zero-order valence-electron chi connectivity index (χ0n) is 12.0. The molecule has 3 fully saturated rings. The van der Waals surface area contributed by atoms with Gasteiger partial charge in [0.05, 0.1) is 12.3 Å². The second-order valence-corrected chi connectivity index (χ2v) is 5.54. The van der Waals surface area contributed by atoms with Crippen molar-refractivity contribution in [3.8, 4) is 5.75 Å². The standard InChI is InChI=1S/C17H21NO2/c1-2-11-20-16-6-4-3-5-14(16)12-15-17(19)13-7-9-18(15)10-8-13/h3-6,12-13H,2,7-11H2,1H3/b15-12-. The highest BCUT2D eigenvalue weighted by molar-refractivity contribution is 6.02. The van der Waals surface area contributed by atoms with Crippen molar-refractivity contribution >= 4 is 11.9 Å². The lowest BCUT2D eigenvalue weighted by atomic mass is 9.84. The van der Waals surface area contributed by atoms with Crippen molar-refractivity contribution in [2.45, 2.75) is 26.2 Å². The number of Topliss-reactive ketones (excluding diaryl/α,β-unsaturated/α-hetero) is 1. The third kappa shape index (κ3) is 2.45. The second-order valence-electron chi connectivity index (χ2n) is 5.54. The van der Waals surface area contributed by atoms with Crippen LogP contribution < -0.4 is 4.74 Å². The summed E-state index contributed by atoms with van der Waals surface area (Å²) in [5.41, 5.74) is 1.89. The molecule has 3 saturated heterocycles. The van der Waals surface area contributed by atoms with Gasteiger partial charge in [0.1, 0.15) is 5.75 Å². The van der Waals surface area contributed by atoms with Gasteiger partial charge in [-0.2, -0.15) is 0 Å². The number of carbonyl (C=O) groups is 1. The van der Waals surface area contributed by atoms with Crippen LogP contribution in [0.1, 0.15) is 31.7 Å². The Kier molecular flexibility index (Phi) is 3.77. The number of rotatable bonds is 4. The Bertz CT molecular complexity index is 528. The number of allylic oxidation sites excluding steroid dienone is 1. The van der Waals surface area contributed by atoms with Crippen LogP contribution in [0.4, 0.5) is 0 Å². The lowest BCUT2D eigenvalue weighted by Crippen LogP contribution is -2.45. The minimum absolute atomic E-state index is 0.245. The largest absolute Gasteiger partial charge is 0.493 e. The Labute approximate surface area is 120 Å². The Morgan fingerprint density at radius 3 is 2.75 bits per heavy atom. The van der Waals surface area contributed by atoms with E-state index in [9.17, 15) is 4.79 Å². The fraction of sp³-hybridized carbons (Fsp3) is 0.471. The van der Waals surface area contributed by atoms with E-state index >= 15 is 0 Å². The van der Waals surface area contributed by atoms with Crippen LogP contribution in [-0.2, 0) is 4.79 Å². The summed E-state index contributed by atoms with van der Waals surface area (Å²) in [6.07, 6.45) is 5.03. The Hall–Kier alpha value is -1.77. The third-order valence-electron chi connectivity index (χ3n) is 4.13. The number of hydrogen-bond donors (Lipinski definition) is 0. The van der Waals surface area contributed by atoms with Crippen LogP contribution >= 0.6 is 0 Å². The van der Waals surface area contributed by atoms with Gasteiger partial charge in [-0.25, -0.2) is 0 Å². The molecule has 0 atom stereocenters. The van der Waals surface area contributed by atoms with Crippen LogP contribution in [0.25, 0.3) is 6.08 Å². The number of ketones is 1. The number of nitrogens with zero attached hydrogens (tertiary/aromatic N) is 1. The summed E-state index contributed by atoms with van der Waals surface area (Å²) in [6.45, 7) is 4.83. The van der Waals surface area contributed by atoms with Crippen molar-refractivity contribution in [2.24, 2.45) is 5.92 Å². The quantitative estimate of drug-likeness (QED) is 0.788. The van der Waals surface area contributed by atoms with Crippen molar-refractivity contribution < 1.29 is 9.53 Å². The summed E-state index contributed by atoms with van der Waals surface area (Å²) in [5.74, 6) is 1.43. The molecule has 4 rings (SSSR count). The van der Waals surface area contributed by atoms with E-state index in [0.717, 1.165) is 49.4 Å². The average Bonchev–Trinajstić information content (AvgIpc) is 2.50. The van der Waals surface area contributed by atoms with Crippen LogP contribution in [0.3, 0.4) is 0 Å². The lowest BCUT2D eigenvalue weighted by Gasteiger charge is -2.41. The van der Waals surface area contributed by atoms with Gasteiger partial charge in [-0.05, 0) is 31.4 Å². The average molecular weight is 271 g/mol. The third-order valence-corrected chi connectivity index (χ3v) is 4.13. The maximum atomic E-state index is 12.4. The van der Waals surface area contributed by atoms with Gasteiger partial charge in [-0.3, -0.25) is 4.79 Å². The van der Waals surface area contributed by atoms with Gasteiger partial charge in [-0.15, -0.1) is 0 Å². The lowest BCUT2D eigenvalue weighted by molar-refractivity contribution is -0.125. The normalized spacial score (nSPS) is 20.8. The second kappa shape index (κ2) is 5.70. The highest BCUT2D eigenvalue weighted by Gasteiger charge is 2.36. The molecule has 0 N–H and O–H groups in total. The molecule has 3 aliphatic rings. The molecule has 0 amide bonds. The van der Waals surface area contributed by atoms with E-state index < -0.39 is 0 Å². The first-order valence-corrected chi connectivity index (χ1v) is 7.52. The number of piperidine rings is 3. The molecule has 0 aliphatic carbocycles. The molecule has 0 radical (unpaired) electrons. The smallest absolute Gasteiger partial charge is 0.182 e. The van der Waals surface area contributed by atoms with Gasteiger partial charge in [0.25, 0.3) is 0 Å². The highest BCUT2D eigenvalue weighted by atomic mass is 16.5. The minimum atomic E-state index is 0.245. The van der Waals surface area contributed by atoms with Gasteiger partial charge in [0, 0.05) is 24.6 Å². The van der Waals surface area contributed by atoms with E-state index in [1.54, 1.807) is 0 Å². The van der Waals surface area contributed by atoms with Gasteiger partial charge in [-0.1, -0.05) is 25.1 Å². The zero-order chi connectivity index (χ0) is 13.9. The monoisotopic (exact) mass is 271 g/mol. The minimum Gasteiger partial charge on any atom is -0.493 e. The molecule has 0 spiro atoms. The molecule has 1 aromatic rings. The SMILES string of the molecule is CCCOc1ccccc1/C=C1/C(=O)C2CCN1CC2. The summed E-state index contributed by atoms with van der Waals surface area (Å²) in [7, 11) is 0. The summed E-state index contributed by atoms with van der Waals surface area (Å²) < 4.78 is 5.77. The molecule has 3 heteroatoms. The van der Waals surface area contributed by atoms with Crippen molar-refractivity contribution in [3.05, 3.63) is 35.5 Å². The number of hydrogen-bond acceptors (Lipinski definition) is 3. The Morgan fingerprint density at radius 1 is 1.30 bits per heavy atom. The molecule has 0 saturated carbocycles. The molecule has 20 heavy (non-hydrogen) atoms. The summed E-state index contributed by atoms with van der Waals surface area (Å²) in [5, 5.41) is 0. The van der Waals surface area contributed by atoms with E-state index in [2.05, 4.69) is 11.8 Å². The van der Waals surface area contributed by atoms with Crippen LogP contribution in [0.15, 0.2) is 30.0 Å². The number of para-hydroxylation sites is 1. The van der Waals surface area contributed by atoms with Crippen molar-refractivity contribution in [3.63, 3.8) is 0 Å². The molecule has 0 unspecified atom stereocenters. The molecule has 106 valence electrons. The number of benzene rings is 1. The predicted octanol–water partition coefficient (Wildman–Crippen LogP) is 3.11. The van der Waals surface area contributed by atoms with Gasteiger partial charge in [0.15, 0.2) is 5.78 Å². The molecule has 3 nitrogen and oxygen atoms in total. The van der Waals surface area contributed by atoms with Gasteiger partial charge >= 0.3 is 0 Å². The topological polar surface area (TPSA) is 29.5 Å². The molecule has 2 bridgehead atoms. The Morgan fingerprint density at radius 2 is 2.05 bits per heavy atom. The van der Waals surface area contributed by atoms with Crippen molar-refractivity contribution in [1.82, 2.24) is 4.90 Å². The molecular weight excluding hydrogens is 250 g/mol. The summed E-state index contributed by atoms with van der Waals surface area (Å²) >= 11 is 0. The van der Waals surface area contributed by atoms with Gasteiger partial charge < -0.3 is 9.64 Å². The van der Waals surface area contributed by atoms with E-state index in [-0.39, 0.29) is 5.92 Å². The highest BCUT2D eigenvalue weighted by Crippen LogP contribution is 2.33. The molecular formula is C17H21NO2. The first kappa shape index (κ1) is 13.2. The van der Waals surface area contributed by atoms with E-state index in [1.165, 1.54) is 0 Å². The van der Waals surface area contributed by atoms with Crippen molar-refractivity contribution in [1.29, 1.82) is 0 Å². The summed E-state index contributed by atoms with van der Waals surface area (Å²) in [4.78, 5) is 14.6. The van der Waals surface area contributed by atoms with Crippen LogP contribution in [0, 0.1) is 5.92 Å². The molecule has 1 aromatic carbocycles. The first-order valence-electron chi connectivity index (χ1n) is 7.52. The van der Waals surface area contributed by atoms with E-state index in [0.29, 0.717) is 12.4 Å². The molecule has 3 aliphatic heterocycles. The van der Waals surface area contributed by atoms with E-state index in [1.807, 2.05) is 30.3 Å². The first-order chi connectivity index (χ1) is 9.79. The molecule has 0 aromatic heterocycles. The number of carbonyl (C=O) groups excluding carboxylic acids is 1. The zero-order valence-corrected chi connectivity index (χ0v) is 12.0. The number of fused-ring (bicyclic) bond motifs is 3. The Balaban J connectivity index is 1.90. The van der Waals surface area contributed by atoms with Crippen LogP contribution in [0.5, 0.6) is 5.75 Å². The number of ether oxygens (including phenoxy) is 1. The molecule has 3 heterocycles. The fourth-order valence-electron chi connectivity index (χ4n) is 3.00. The van der Waals surface area contributed by atoms with Crippen LogP contribution in [-0.4, -0.2) is 30.4 Å².